The number of carbonyl (C=O) groups is 3. The zero-order valence-corrected chi connectivity index (χ0v) is 17.8. The van der Waals surface area contributed by atoms with Crippen molar-refractivity contribution in [3.8, 4) is 0 Å². The normalized spacial score (nSPS) is 13.1. The Hall–Kier alpha value is -3.00. The molecule has 0 saturated carbocycles. The molecule has 3 N–H and O–H groups in total. The van der Waals surface area contributed by atoms with Crippen molar-refractivity contribution in [1.29, 1.82) is 5.41 Å². The summed E-state index contributed by atoms with van der Waals surface area (Å²) in [6.45, 7) is 5.41. The highest BCUT2D eigenvalue weighted by atomic mass is 16.5. The van der Waals surface area contributed by atoms with Crippen molar-refractivity contribution >= 4 is 34.8 Å². The number of benzene rings is 1. The molecule has 0 spiro atoms. The second kappa shape index (κ2) is 10.7. The molecule has 0 unspecified atom stereocenters. The van der Waals surface area contributed by atoms with Gasteiger partial charge in [0, 0.05) is 37.1 Å². The van der Waals surface area contributed by atoms with Crippen molar-refractivity contribution in [3.63, 3.8) is 0 Å². The second-order valence-corrected chi connectivity index (χ2v) is 7.44. The van der Waals surface area contributed by atoms with Crippen LogP contribution in [-0.2, 0) is 30.3 Å². The Bertz CT molecular complexity index is 919. The smallest absolute Gasteiger partial charge is 0.328 e. The fourth-order valence-corrected chi connectivity index (χ4v) is 3.28. The summed E-state index contributed by atoms with van der Waals surface area (Å²) in [6.07, 6.45) is 1.70. The van der Waals surface area contributed by atoms with E-state index < -0.39 is 29.8 Å². The van der Waals surface area contributed by atoms with Crippen LogP contribution in [0.1, 0.15) is 37.8 Å². The Balaban J connectivity index is 2.15. The zero-order valence-electron chi connectivity index (χ0n) is 17.8. The first-order valence-electron chi connectivity index (χ1n) is 9.89. The molecule has 0 bridgehead atoms. The summed E-state index contributed by atoms with van der Waals surface area (Å²) in [4.78, 5) is 39.9. The Labute approximate surface area is 175 Å². The van der Waals surface area contributed by atoms with E-state index in [2.05, 4.69) is 10.3 Å². The molecule has 1 heterocycles. The number of aryl methyl sites for hydroxylation is 1. The van der Waals surface area contributed by atoms with Gasteiger partial charge >= 0.3 is 5.97 Å². The van der Waals surface area contributed by atoms with Crippen molar-refractivity contribution in [1.82, 2.24) is 10.3 Å². The summed E-state index contributed by atoms with van der Waals surface area (Å²) in [5.41, 5.74) is 3.00. The Morgan fingerprint density at radius 1 is 1.27 bits per heavy atom. The quantitative estimate of drug-likeness (QED) is 0.384. The number of hydrogen-bond acceptors (Lipinski definition) is 6. The lowest BCUT2D eigenvalue weighted by molar-refractivity contribution is -0.152. The van der Waals surface area contributed by atoms with Crippen LogP contribution in [0.15, 0.2) is 24.4 Å². The molecular weight excluding hydrogens is 386 g/mol. The van der Waals surface area contributed by atoms with E-state index in [9.17, 15) is 14.4 Å². The summed E-state index contributed by atoms with van der Waals surface area (Å²) < 4.78 is 10.6. The molecule has 0 aliphatic carbocycles. The highest BCUT2D eigenvalue weighted by Crippen LogP contribution is 2.23. The molecule has 0 aliphatic rings. The van der Waals surface area contributed by atoms with Gasteiger partial charge in [-0.1, -0.05) is 12.1 Å². The minimum absolute atomic E-state index is 0.0407. The molecule has 0 aliphatic heterocycles. The highest BCUT2D eigenvalue weighted by molar-refractivity contribution is 6.26. The standard InChI is InChI=1S/C22H29N3O5/c1-13(2)30-22(28)18(9-8-16(26)11-23)25-21(27)19(29-4)10-15-12-24-17-7-5-6-14(3)20(15)17/h5-7,11-13,18-19,23-24H,8-10H2,1-4H3,(H,25,27)/t18-,19-/m0/s1. The summed E-state index contributed by atoms with van der Waals surface area (Å²) in [7, 11) is 1.44. The van der Waals surface area contributed by atoms with Gasteiger partial charge < -0.3 is 25.2 Å². The van der Waals surface area contributed by atoms with Gasteiger partial charge in [0.2, 0.25) is 5.91 Å². The van der Waals surface area contributed by atoms with Crippen LogP contribution in [0, 0.1) is 12.3 Å². The molecule has 0 fully saturated rings. The molecule has 2 aromatic rings. The number of hydrogen-bond donors (Lipinski definition) is 3. The van der Waals surface area contributed by atoms with E-state index in [1.807, 2.05) is 31.3 Å². The number of H-pyrrole nitrogens is 1. The number of aromatic nitrogens is 1. The number of esters is 1. The molecule has 1 aromatic carbocycles. The van der Waals surface area contributed by atoms with Gasteiger partial charge in [-0.15, -0.1) is 0 Å². The van der Waals surface area contributed by atoms with Crippen molar-refractivity contribution in [2.45, 2.75) is 58.3 Å². The summed E-state index contributed by atoms with van der Waals surface area (Å²) in [5, 5.41) is 10.7. The third-order valence-electron chi connectivity index (χ3n) is 4.77. The molecule has 162 valence electrons. The molecule has 2 atom stereocenters. The fourth-order valence-electron chi connectivity index (χ4n) is 3.28. The first-order chi connectivity index (χ1) is 14.3. The number of carbonyl (C=O) groups excluding carboxylic acids is 3. The second-order valence-electron chi connectivity index (χ2n) is 7.44. The lowest BCUT2D eigenvalue weighted by atomic mass is 10.0. The number of amides is 1. The predicted octanol–water partition coefficient (Wildman–Crippen LogP) is 2.47. The third-order valence-corrected chi connectivity index (χ3v) is 4.77. The van der Waals surface area contributed by atoms with Gasteiger partial charge in [-0.3, -0.25) is 9.59 Å². The molecule has 8 heteroatoms. The van der Waals surface area contributed by atoms with Crippen LogP contribution >= 0.6 is 0 Å². The minimum atomic E-state index is -0.994. The van der Waals surface area contributed by atoms with Crippen LogP contribution in [0.4, 0.5) is 0 Å². The number of methoxy groups -OCH3 is 1. The highest BCUT2D eigenvalue weighted by Gasteiger charge is 2.28. The molecule has 30 heavy (non-hydrogen) atoms. The van der Waals surface area contributed by atoms with Crippen LogP contribution in [-0.4, -0.2) is 54.2 Å². The number of nitrogens with one attached hydrogen (secondary N) is 3. The number of ketones is 1. The lowest BCUT2D eigenvalue weighted by Gasteiger charge is -2.22. The topological polar surface area (TPSA) is 121 Å². The average Bonchev–Trinajstić information content (AvgIpc) is 3.12. The number of rotatable bonds is 11. The Kier molecular flexibility index (Phi) is 8.29. The Morgan fingerprint density at radius 3 is 2.63 bits per heavy atom. The minimum Gasteiger partial charge on any atom is -0.461 e. The van der Waals surface area contributed by atoms with E-state index in [1.165, 1.54) is 7.11 Å². The van der Waals surface area contributed by atoms with Crippen LogP contribution in [0.3, 0.4) is 0 Å². The number of ether oxygens (including phenoxy) is 2. The van der Waals surface area contributed by atoms with Gasteiger partial charge in [0.25, 0.3) is 0 Å². The van der Waals surface area contributed by atoms with Crippen LogP contribution in [0.2, 0.25) is 0 Å². The summed E-state index contributed by atoms with van der Waals surface area (Å²) >= 11 is 0. The molecule has 2 rings (SSSR count). The van der Waals surface area contributed by atoms with E-state index in [0.29, 0.717) is 12.6 Å². The molecule has 0 radical (unpaired) electrons. The molecule has 1 aromatic heterocycles. The average molecular weight is 415 g/mol. The molecular formula is C22H29N3O5. The van der Waals surface area contributed by atoms with Crippen LogP contribution in [0.5, 0.6) is 0 Å². The van der Waals surface area contributed by atoms with Gasteiger partial charge in [-0.25, -0.2) is 4.79 Å². The number of Topliss-reactive ketones (excluding diaryl/α,β-unsaturated/α-hetero) is 1. The monoisotopic (exact) mass is 415 g/mol. The first-order valence-corrected chi connectivity index (χ1v) is 9.89. The molecule has 0 saturated heterocycles. The number of fused-ring (bicyclic) bond motifs is 1. The van der Waals surface area contributed by atoms with E-state index in [4.69, 9.17) is 14.9 Å². The predicted molar refractivity (Wildman–Crippen MR) is 114 cm³/mol. The fraction of sp³-hybridized carbons (Fsp3) is 0.455. The molecule has 8 nitrogen and oxygen atoms in total. The maximum Gasteiger partial charge on any atom is 0.328 e. The van der Waals surface area contributed by atoms with Gasteiger partial charge in [0.05, 0.1) is 12.3 Å². The summed E-state index contributed by atoms with van der Waals surface area (Å²) in [5.74, 6) is -1.51. The number of aromatic amines is 1. The van der Waals surface area contributed by atoms with Crippen molar-refractivity contribution < 1.29 is 23.9 Å². The van der Waals surface area contributed by atoms with Gasteiger partial charge in [-0.2, -0.15) is 0 Å². The molecule has 1 amide bonds. The van der Waals surface area contributed by atoms with E-state index >= 15 is 0 Å². The lowest BCUT2D eigenvalue weighted by Crippen LogP contribution is -2.48. The SMILES string of the molecule is CO[C@@H](Cc1c[nH]c2cccc(C)c12)C(=O)N[C@@H](CCC(=O)C=N)C(=O)OC(C)C. The van der Waals surface area contributed by atoms with Crippen molar-refractivity contribution in [2.75, 3.05) is 7.11 Å². The first kappa shape index (κ1) is 23.3. The maximum absolute atomic E-state index is 12.9. The maximum atomic E-state index is 12.9. The third kappa shape index (κ3) is 6.00. The zero-order chi connectivity index (χ0) is 22.3. The van der Waals surface area contributed by atoms with Gasteiger partial charge in [0.1, 0.15) is 12.1 Å². The van der Waals surface area contributed by atoms with Gasteiger partial charge in [-0.05, 0) is 44.4 Å². The summed E-state index contributed by atoms with van der Waals surface area (Å²) in [6, 6.07) is 4.93. The van der Waals surface area contributed by atoms with E-state index in [-0.39, 0.29) is 18.9 Å². The van der Waals surface area contributed by atoms with Crippen molar-refractivity contribution in [3.05, 3.63) is 35.5 Å². The van der Waals surface area contributed by atoms with Crippen LogP contribution < -0.4 is 5.32 Å². The largest absolute Gasteiger partial charge is 0.461 e. The Morgan fingerprint density at radius 2 is 2.00 bits per heavy atom. The van der Waals surface area contributed by atoms with Gasteiger partial charge in [0.15, 0.2) is 5.78 Å². The van der Waals surface area contributed by atoms with E-state index in [0.717, 1.165) is 22.0 Å². The van der Waals surface area contributed by atoms with Crippen molar-refractivity contribution in [2.24, 2.45) is 0 Å². The van der Waals surface area contributed by atoms with Crippen LogP contribution in [0.25, 0.3) is 10.9 Å². The van der Waals surface area contributed by atoms with E-state index in [1.54, 1.807) is 13.8 Å².